The van der Waals surface area contributed by atoms with Gasteiger partial charge in [-0.3, -0.25) is 9.59 Å². The lowest BCUT2D eigenvalue weighted by Gasteiger charge is -2.41. The van der Waals surface area contributed by atoms with Crippen molar-refractivity contribution in [3.8, 4) is 11.5 Å². The Balaban J connectivity index is 1.46. The Morgan fingerprint density at radius 1 is 1.11 bits per heavy atom. The Hall–Kier alpha value is -3.40. The Labute approximate surface area is 266 Å². The molecule has 0 aromatic heterocycles. The molecule has 45 heavy (non-hydrogen) atoms. The summed E-state index contributed by atoms with van der Waals surface area (Å²) in [4.78, 5) is 29.3. The largest absolute Gasteiger partial charge is 0.496 e. The number of carbonyl (C=O) groups excluding carboxylic acids is 2. The molecule has 0 radical (unpaired) electrons. The van der Waals surface area contributed by atoms with Crippen LogP contribution in [0.1, 0.15) is 57.1 Å². The number of rotatable bonds is 12. The van der Waals surface area contributed by atoms with Gasteiger partial charge in [-0.05, 0) is 60.8 Å². The second-order valence-corrected chi connectivity index (χ2v) is 13.0. The second-order valence-electron chi connectivity index (χ2n) is 13.0. The first-order valence-corrected chi connectivity index (χ1v) is 16.3. The summed E-state index contributed by atoms with van der Waals surface area (Å²) < 4.78 is 18.2. The summed E-state index contributed by atoms with van der Waals surface area (Å²) in [5.74, 6) is 1.55. The van der Waals surface area contributed by atoms with Crippen molar-refractivity contribution in [2.45, 2.75) is 76.7 Å². The number of nitrogens with one attached hydrogen (secondary N) is 1. The van der Waals surface area contributed by atoms with Crippen molar-refractivity contribution in [3.63, 3.8) is 0 Å². The highest BCUT2D eigenvalue weighted by Gasteiger charge is 2.50. The first-order chi connectivity index (χ1) is 21.7. The Kier molecular flexibility index (Phi) is 10.8. The lowest BCUT2D eigenvalue weighted by Crippen LogP contribution is -2.57. The molecule has 0 saturated heterocycles. The highest BCUT2D eigenvalue weighted by atomic mass is 16.5. The SMILES string of the molecule is COc1ccccc1CCN(C(=O)COC1CC(C)CCC1C(C)C)C1C=C(C(=O)NCCO)C2c3ccccc3OC2C1O. The summed E-state index contributed by atoms with van der Waals surface area (Å²) in [6, 6.07) is 14.3. The number of nitrogens with zero attached hydrogens (tertiary/aromatic N) is 1. The van der Waals surface area contributed by atoms with E-state index in [1.54, 1.807) is 18.1 Å². The third-order valence-corrected chi connectivity index (χ3v) is 9.75. The van der Waals surface area contributed by atoms with Crippen molar-refractivity contribution in [2.75, 3.05) is 33.4 Å². The standard InChI is InChI=1S/C36H48N2O7/c1-22(2)25-14-13-23(3)19-31(25)44-21-32(40)38(17-15-24-9-5-7-11-29(24)43-4)28-20-27(36(42)37-16-18-39)33-26-10-6-8-12-30(26)45-35(33)34(28)41/h5-12,20,22-23,25,28,31,33-35,39,41H,13-19,21H2,1-4H3,(H,37,42). The molecule has 0 spiro atoms. The Morgan fingerprint density at radius 3 is 2.62 bits per heavy atom. The smallest absolute Gasteiger partial charge is 0.249 e. The van der Waals surface area contributed by atoms with Crippen LogP contribution < -0.4 is 14.8 Å². The van der Waals surface area contributed by atoms with Crippen LogP contribution in [0, 0.1) is 17.8 Å². The van der Waals surface area contributed by atoms with E-state index in [0.29, 0.717) is 35.5 Å². The highest BCUT2D eigenvalue weighted by Crippen LogP contribution is 2.47. The zero-order valence-corrected chi connectivity index (χ0v) is 26.9. The Morgan fingerprint density at radius 2 is 1.87 bits per heavy atom. The number of hydrogen-bond acceptors (Lipinski definition) is 7. The molecular weight excluding hydrogens is 572 g/mol. The van der Waals surface area contributed by atoms with Crippen molar-refractivity contribution in [1.29, 1.82) is 0 Å². The molecular formula is C36H48N2O7. The van der Waals surface area contributed by atoms with E-state index in [4.69, 9.17) is 14.2 Å². The normalized spacial score (nSPS) is 27.2. The predicted molar refractivity (Wildman–Crippen MR) is 171 cm³/mol. The molecule has 3 N–H and O–H groups in total. The van der Waals surface area contributed by atoms with Crippen LogP contribution in [0.25, 0.3) is 0 Å². The predicted octanol–water partition coefficient (Wildman–Crippen LogP) is 3.87. The van der Waals surface area contributed by atoms with E-state index in [-0.39, 0.29) is 44.2 Å². The fraction of sp³-hybridized carbons (Fsp3) is 0.556. The van der Waals surface area contributed by atoms with Crippen LogP contribution in [0.3, 0.4) is 0 Å². The van der Waals surface area contributed by atoms with Crippen molar-refractivity contribution in [1.82, 2.24) is 10.2 Å². The summed E-state index contributed by atoms with van der Waals surface area (Å²) in [6.45, 7) is 6.68. The molecule has 2 aromatic rings. The maximum atomic E-state index is 14.2. The average molecular weight is 621 g/mol. The molecule has 1 saturated carbocycles. The second kappa shape index (κ2) is 14.8. The van der Waals surface area contributed by atoms with Gasteiger partial charge in [0.15, 0.2) is 0 Å². The number of benzene rings is 2. The first kappa shape index (κ1) is 33.0. The highest BCUT2D eigenvalue weighted by molar-refractivity contribution is 5.96. The minimum Gasteiger partial charge on any atom is -0.496 e. The minimum absolute atomic E-state index is 0.0162. The molecule has 7 unspecified atom stereocenters. The van der Waals surface area contributed by atoms with Gasteiger partial charge in [0, 0.05) is 24.2 Å². The molecule has 0 bridgehead atoms. The van der Waals surface area contributed by atoms with Crippen LogP contribution in [0.5, 0.6) is 11.5 Å². The van der Waals surface area contributed by atoms with E-state index in [1.165, 1.54) is 0 Å². The zero-order valence-electron chi connectivity index (χ0n) is 26.9. The van der Waals surface area contributed by atoms with Gasteiger partial charge in [-0.25, -0.2) is 0 Å². The van der Waals surface area contributed by atoms with E-state index in [0.717, 1.165) is 36.1 Å². The molecule has 7 atom stereocenters. The van der Waals surface area contributed by atoms with Crippen LogP contribution in [-0.2, 0) is 20.7 Å². The third-order valence-electron chi connectivity index (χ3n) is 9.75. The number of ether oxygens (including phenoxy) is 3. The molecule has 2 aromatic carbocycles. The van der Waals surface area contributed by atoms with Gasteiger partial charge in [0.25, 0.3) is 0 Å². The van der Waals surface area contributed by atoms with Gasteiger partial charge < -0.3 is 34.6 Å². The molecule has 2 amide bonds. The van der Waals surface area contributed by atoms with E-state index in [2.05, 4.69) is 26.1 Å². The lowest BCUT2D eigenvalue weighted by molar-refractivity contribution is -0.147. The van der Waals surface area contributed by atoms with Gasteiger partial charge in [0.05, 0.1) is 31.8 Å². The Bertz CT molecular complexity index is 1360. The van der Waals surface area contributed by atoms with Crippen LogP contribution >= 0.6 is 0 Å². The van der Waals surface area contributed by atoms with Gasteiger partial charge in [0.2, 0.25) is 11.8 Å². The van der Waals surface area contributed by atoms with Gasteiger partial charge in [0.1, 0.15) is 30.3 Å². The number of fused-ring (bicyclic) bond motifs is 3. The number of methoxy groups -OCH3 is 1. The van der Waals surface area contributed by atoms with E-state index < -0.39 is 24.2 Å². The number of hydrogen-bond donors (Lipinski definition) is 3. The molecule has 3 aliphatic rings. The summed E-state index contributed by atoms with van der Waals surface area (Å²) in [5, 5.41) is 24.0. The maximum absolute atomic E-state index is 14.2. The summed E-state index contributed by atoms with van der Waals surface area (Å²) in [6.07, 6.45) is 3.45. The molecule has 1 fully saturated rings. The molecule has 2 aliphatic carbocycles. The molecule has 244 valence electrons. The van der Waals surface area contributed by atoms with E-state index in [9.17, 15) is 19.8 Å². The number of carbonyl (C=O) groups is 2. The number of aliphatic hydroxyl groups excluding tert-OH is 2. The number of amides is 2. The van der Waals surface area contributed by atoms with Crippen molar-refractivity contribution < 1.29 is 34.0 Å². The molecule has 9 nitrogen and oxygen atoms in total. The third kappa shape index (κ3) is 7.21. The van der Waals surface area contributed by atoms with Gasteiger partial charge in [-0.1, -0.05) is 63.6 Å². The zero-order chi connectivity index (χ0) is 32.1. The van der Waals surface area contributed by atoms with Crippen LogP contribution in [0.15, 0.2) is 60.2 Å². The molecule has 1 heterocycles. The van der Waals surface area contributed by atoms with Crippen LogP contribution in [0.4, 0.5) is 0 Å². The summed E-state index contributed by atoms with van der Waals surface area (Å²) in [7, 11) is 1.62. The fourth-order valence-corrected chi connectivity index (χ4v) is 7.35. The van der Waals surface area contributed by atoms with Gasteiger partial charge in [-0.15, -0.1) is 0 Å². The summed E-state index contributed by atoms with van der Waals surface area (Å²) >= 11 is 0. The van der Waals surface area contributed by atoms with Crippen LogP contribution in [0.2, 0.25) is 0 Å². The molecule has 9 heteroatoms. The maximum Gasteiger partial charge on any atom is 0.249 e. The van der Waals surface area contributed by atoms with E-state index in [1.807, 2.05) is 48.5 Å². The number of para-hydroxylation sites is 2. The topological polar surface area (TPSA) is 118 Å². The molecule has 1 aliphatic heterocycles. The first-order valence-electron chi connectivity index (χ1n) is 16.3. The average Bonchev–Trinajstić information content (AvgIpc) is 3.44. The lowest BCUT2D eigenvalue weighted by atomic mass is 9.75. The van der Waals surface area contributed by atoms with Gasteiger partial charge in [-0.2, -0.15) is 0 Å². The van der Waals surface area contributed by atoms with Crippen molar-refractivity contribution in [2.24, 2.45) is 17.8 Å². The van der Waals surface area contributed by atoms with Crippen molar-refractivity contribution >= 4 is 11.8 Å². The fourth-order valence-electron chi connectivity index (χ4n) is 7.35. The monoisotopic (exact) mass is 620 g/mol. The quantitative estimate of drug-likeness (QED) is 0.330. The molecule has 5 rings (SSSR count). The van der Waals surface area contributed by atoms with Crippen LogP contribution in [-0.4, -0.2) is 84.7 Å². The van der Waals surface area contributed by atoms with Crippen molar-refractivity contribution in [3.05, 3.63) is 71.3 Å². The van der Waals surface area contributed by atoms with Gasteiger partial charge >= 0.3 is 0 Å². The number of aliphatic hydroxyl groups is 2. The summed E-state index contributed by atoms with van der Waals surface area (Å²) in [5.41, 5.74) is 2.15. The minimum atomic E-state index is -1.10. The van der Waals surface area contributed by atoms with E-state index >= 15 is 0 Å².